The SMILES string of the molecule is CCC(C)NCC(=O)N(Cc1ccccc1)Cc1ccco1. The minimum Gasteiger partial charge on any atom is -0.467 e. The number of furan rings is 1. The molecule has 0 saturated heterocycles. The summed E-state index contributed by atoms with van der Waals surface area (Å²) >= 11 is 0. The van der Waals surface area contributed by atoms with Crippen LogP contribution in [0, 0.1) is 0 Å². The summed E-state index contributed by atoms with van der Waals surface area (Å²) in [6.07, 6.45) is 2.64. The van der Waals surface area contributed by atoms with E-state index in [2.05, 4.69) is 19.2 Å². The molecule has 0 saturated carbocycles. The Bertz CT molecular complexity index is 552. The molecule has 0 aliphatic rings. The molecule has 4 nitrogen and oxygen atoms in total. The Morgan fingerprint density at radius 2 is 1.95 bits per heavy atom. The molecule has 0 fully saturated rings. The summed E-state index contributed by atoms with van der Waals surface area (Å²) in [7, 11) is 0. The lowest BCUT2D eigenvalue weighted by Gasteiger charge is -2.23. The molecule has 0 radical (unpaired) electrons. The van der Waals surface area contributed by atoms with Crippen LogP contribution in [0.2, 0.25) is 0 Å². The van der Waals surface area contributed by atoms with Crippen molar-refractivity contribution in [2.45, 2.75) is 39.4 Å². The van der Waals surface area contributed by atoms with Crippen molar-refractivity contribution in [2.75, 3.05) is 6.54 Å². The smallest absolute Gasteiger partial charge is 0.237 e. The minimum absolute atomic E-state index is 0.0838. The molecule has 2 rings (SSSR count). The standard InChI is InChI=1S/C18H24N2O2/c1-3-15(2)19-12-18(21)20(14-17-10-7-11-22-17)13-16-8-5-4-6-9-16/h4-11,15,19H,3,12-14H2,1-2H3. The fourth-order valence-corrected chi connectivity index (χ4v) is 2.14. The van der Waals surface area contributed by atoms with E-state index < -0.39 is 0 Å². The normalized spacial score (nSPS) is 12.1. The summed E-state index contributed by atoms with van der Waals surface area (Å²) < 4.78 is 5.38. The molecule has 2 aromatic rings. The maximum Gasteiger partial charge on any atom is 0.237 e. The van der Waals surface area contributed by atoms with Crippen molar-refractivity contribution in [1.29, 1.82) is 0 Å². The fourth-order valence-electron chi connectivity index (χ4n) is 2.14. The first kappa shape index (κ1) is 16.3. The Balaban J connectivity index is 2.02. The predicted molar refractivity (Wildman–Crippen MR) is 87.2 cm³/mol. The average molecular weight is 300 g/mol. The van der Waals surface area contributed by atoms with Gasteiger partial charge < -0.3 is 14.6 Å². The number of amides is 1. The van der Waals surface area contributed by atoms with Gasteiger partial charge in [-0.15, -0.1) is 0 Å². The quantitative estimate of drug-likeness (QED) is 0.814. The molecule has 1 aromatic carbocycles. The van der Waals surface area contributed by atoms with E-state index >= 15 is 0 Å². The van der Waals surface area contributed by atoms with Gasteiger partial charge in [0.15, 0.2) is 0 Å². The van der Waals surface area contributed by atoms with E-state index in [1.807, 2.05) is 47.4 Å². The van der Waals surface area contributed by atoms with Gasteiger partial charge in [0.1, 0.15) is 5.76 Å². The van der Waals surface area contributed by atoms with E-state index in [1.165, 1.54) is 0 Å². The van der Waals surface area contributed by atoms with Crippen LogP contribution in [-0.4, -0.2) is 23.4 Å². The van der Waals surface area contributed by atoms with Gasteiger partial charge in [-0.2, -0.15) is 0 Å². The second-order valence-electron chi connectivity index (χ2n) is 5.50. The summed E-state index contributed by atoms with van der Waals surface area (Å²) in [6.45, 7) is 5.61. The molecule has 0 spiro atoms. The second kappa shape index (κ2) is 8.39. The number of rotatable bonds is 8. The minimum atomic E-state index is 0.0838. The third-order valence-electron chi connectivity index (χ3n) is 3.71. The van der Waals surface area contributed by atoms with Crippen LogP contribution in [0.25, 0.3) is 0 Å². The van der Waals surface area contributed by atoms with Gasteiger partial charge in [0.05, 0.1) is 19.4 Å². The maximum absolute atomic E-state index is 12.5. The monoisotopic (exact) mass is 300 g/mol. The van der Waals surface area contributed by atoms with Crippen LogP contribution >= 0.6 is 0 Å². The van der Waals surface area contributed by atoms with Gasteiger partial charge in [-0.05, 0) is 31.0 Å². The molecular formula is C18H24N2O2. The van der Waals surface area contributed by atoms with E-state index in [4.69, 9.17) is 4.42 Å². The molecule has 0 aliphatic heterocycles. The average Bonchev–Trinajstić information content (AvgIpc) is 3.05. The highest BCUT2D eigenvalue weighted by atomic mass is 16.3. The summed E-state index contributed by atoms with van der Waals surface area (Å²) in [5.41, 5.74) is 1.12. The molecule has 4 heteroatoms. The number of hydrogen-bond donors (Lipinski definition) is 1. The summed E-state index contributed by atoms with van der Waals surface area (Å²) in [5.74, 6) is 0.883. The van der Waals surface area contributed by atoms with E-state index in [1.54, 1.807) is 6.26 Å². The third kappa shape index (κ3) is 5.04. The third-order valence-corrected chi connectivity index (χ3v) is 3.71. The van der Waals surface area contributed by atoms with Crippen LogP contribution in [0.4, 0.5) is 0 Å². The number of nitrogens with one attached hydrogen (secondary N) is 1. The first-order valence-electron chi connectivity index (χ1n) is 7.76. The lowest BCUT2D eigenvalue weighted by atomic mass is 10.2. The lowest BCUT2D eigenvalue weighted by molar-refractivity contribution is -0.131. The molecule has 0 aliphatic carbocycles. The van der Waals surface area contributed by atoms with Gasteiger partial charge in [0, 0.05) is 12.6 Å². The molecule has 1 unspecified atom stereocenters. The number of carbonyl (C=O) groups is 1. The second-order valence-corrected chi connectivity index (χ2v) is 5.50. The largest absolute Gasteiger partial charge is 0.467 e. The van der Waals surface area contributed by atoms with Crippen LogP contribution in [0.15, 0.2) is 53.1 Å². The topological polar surface area (TPSA) is 45.5 Å². The zero-order valence-corrected chi connectivity index (χ0v) is 13.3. The first-order chi connectivity index (χ1) is 10.7. The maximum atomic E-state index is 12.5. The van der Waals surface area contributed by atoms with Gasteiger partial charge in [0.2, 0.25) is 5.91 Å². The molecule has 1 amide bonds. The van der Waals surface area contributed by atoms with E-state index in [-0.39, 0.29) is 5.91 Å². The van der Waals surface area contributed by atoms with E-state index in [0.29, 0.717) is 25.7 Å². The predicted octanol–water partition coefficient (Wildman–Crippen LogP) is 3.20. The Kier molecular flexibility index (Phi) is 6.22. The zero-order valence-electron chi connectivity index (χ0n) is 13.3. The number of hydrogen-bond acceptors (Lipinski definition) is 3. The Labute approximate surface area is 132 Å². The highest BCUT2D eigenvalue weighted by molar-refractivity contribution is 5.78. The van der Waals surface area contributed by atoms with Crippen LogP contribution in [0.5, 0.6) is 0 Å². The molecule has 1 atom stereocenters. The van der Waals surface area contributed by atoms with E-state index in [9.17, 15) is 4.79 Å². The van der Waals surface area contributed by atoms with Crippen LogP contribution in [0.3, 0.4) is 0 Å². The lowest BCUT2D eigenvalue weighted by Crippen LogP contribution is -2.40. The molecule has 1 aromatic heterocycles. The van der Waals surface area contributed by atoms with Crippen molar-refractivity contribution in [3.63, 3.8) is 0 Å². The summed E-state index contributed by atoms with van der Waals surface area (Å²) in [5, 5.41) is 3.26. The Morgan fingerprint density at radius 1 is 1.18 bits per heavy atom. The molecule has 0 bridgehead atoms. The first-order valence-corrected chi connectivity index (χ1v) is 7.76. The number of nitrogens with zero attached hydrogens (tertiary/aromatic N) is 1. The Morgan fingerprint density at radius 3 is 2.59 bits per heavy atom. The number of benzene rings is 1. The summed E-state index contributed by atoms with van der Waals surface area (Å²) in [4.78, 5) is 14.3. The highest BCUT2D eigenvalue weighted by Crippen LogP contribution is 2.11. The number of carbonyl (C=O) groups excluding carboxylic acids is 1. The van der Waals surface area contributed by atoms with Crippen molar-refractivity contribution in [2.24, 2.45) is 0 Å². The van der Waals surface area contributed by atoms with Crippen LogP contribution < -0.4 is 5.32 Å². The van der Waals surface area contributed by atoms with Crippen LogP contribution in [0.1, 0.15) is 31.6 Å². The van der Waals surface area contributed by atoms with Crippen molar-refractivity contribution >= 4 is 5.91 Å². The van der Waals surface area contributed by atoms with Gasteiger partial charge in [-0.3, -0.25) is 4.79 Å². The van der Waals surface area contributed by atoms with Gasteiger partial charge in [-0.25, -0.2) is 0 Å². The zero-order chi connectivity index (χ0) is 15.8. The fraction of sp³-hybridized carbons (Fsp3) is 0.389. The molecular weight excluding hydrogens is 276 g/mol. The summed E-state index contributed by atoms with van der Waals surface area (Å²) in [6, 6.07) is 14.1. The van der Waals surface area contributed by atoms with E-state index in [0.717, 1.165) is 17.7 Å². The highest BCUT2D eigenvalue weighted by Gasteiger charge is 2.16. The van der Waals surface area contributed by atoms with Crippen LogP contribution in [-0.2, 0) is 17.9 Å². The van der Waals surface area contributed by atoms with Crippen molar-refractivity contribution < 1.29 is 9.21 Å². The van der Waals surface area contributed by atoms with Crippen molar-refractivity contribution in [1.82, 2.24) is 10.2 Å². The van der Waals surface area contributed by atoms with Gasteiger partial charge in [-0.1, -0.05) is 37.3 Å². The molecule has 1 N–H and O–H groups in total. The van der Waals surface area contributed by atoms with Gasteiger partial charge >= 0.3 is 0 Å². The molecule has 118 valence electrons. The van der Waals surface area contributed by atoms with Crippen molar-refractivity contribution in [3.05, 3.63) is 60.1 Å². The molecule has 1 heterocycles. The Hall–Kier alpha value is -2.07. The van der Waals surface area contributed by atoms with Gasteiger partial charge in [0.25, 0.3) is 0 Å². The van der Waals surface area contributed by atoms with Crippen molar-refractivity contribution in [3.8, 4) is 0 Å². The molecule has 22 heavy (non-hydrogen) atoms.